The summed E-state index contributed by atoms with van der Waals surface area (Å²) in [5.74, 6) is -0.169. The summed E-state index contributed by atoms with van der Waals surface area (Å²) < 4.78 is 46.3. The Hall–Kier alpha value is -4.17. The summed E-state index contributed by atoms with van der Waals surface area (Å²) in [6.45, 7) is 0.282. The van der Waals surface area contributed by atoms with Gasteiger partial charge < -0.3 is 15.4 Å². The molecule has 0 bridgehead atoms. The molecule has 32 heavy (non-hydrogen) atoms. The minimum absolute atomic E-state index is 0.00205. The molecule has 0 aliphatic rings. The number of halogens is 1. The van der Waals surface area contributed by atoms with Crippen molar-refractivity contribution < 1.29 is 17.5 Å². The third-order valence-corrected chi connectivity index (χ3v) is 5.59. The van der Waals surface area contributed by atoms with E-state index in [-0.39, 0.29) is 28.8 Å². The first-order valence-corrected chi connectivity index (χ1v) is 10.7. The van der Waals surface area contributed by atoms with E-state index in [0.29, 0.717) is 5.69 Å². The lowest BCUT2D eigenvalue weighted by molar-refractivity contribution is 0.416. The smallest absolute Gasteiger partial charge is 0.262 e. The number of aromatic nitrogens is 1. The Morgan fingerprint density at radius 1 is 1.16 bits per heavy atom. The van der Waals surface area contributed by atoms with Crippen molar-refractivity contribution in [2.45, 2.75) is 11.4 Å². The molecule has 0 saturated heterocycles. The number of anilines is 2. The van der Waals surface area contributed by atoms with E-state index < -0.39 is 15.8 Å². The van der Waals surface area contributed by atoms with Crippen LogP contribution in [0.25, 0.3) is 0 Å². The molecule has 0 fully saturated rings. The van der Waals surface area contributed by atoms with E-state index in [1.807, 2.05) is 0 Å². The number of nitrogens with zero attached hydrogens (tertiary/aromatic N) is 3. The van der Waals surface area contributed by atoms with E-state index in [1.54, 1.807) is 42.9 Å². The van der Waals surface area contributed by atoms with Crippen LogP contribution < -0.4 is 20.1 Å². The van der Waals surface area contributed by atoms with Gasteiger partial charge in [-0.2, -0.15) is 5.26 Å². The van der Waals surface area contributed by atoms with Crippen LogP contribution >= 0.6 is 0 Å². The summed E-state index contributed by atoms with van der Waals surface area (Å²) in [4.78, 5) is 7.60. The van der Waals surface area contributed by atoms with Gasteiger partial charge in [0.25, 0.3) is 10.0 Å². The van der Waals surface area contributed by atoms with Crippen LogP contribution in [0.5, 0.6) is 5.75 Å². The van der Waals surface area contributed by atoms with Crippen molar-refractivity contribution in [1.29, 1.82) is 5.26 Å². The standard InChI is InChI=1S/C21H19FN6O3S/c1-31-20-7-4-16(22)12-19(20)28-32(29,30)18-5-2-15(3-6-18)13-25-21(26-14-23)27-17-8-10-24-11-9-17/h2-12,28H,13H2,1H3,(H2,24,25,26,27). The van der Waals surface area contributed by atoms with E-state index in [9.17, 15) is 12.8 Å². The molecule has 3 aromatic rings. The molecule has 0 aliphatic heterocycles. The van der Waals surface area contributed by atoms with Gasteiger partial charge in [-0.3, -0.25) is 9.71 Å². The van der Waals surface area contributed by atoms with Gasteiger partial charge in [0.2, 0.25) is 12.2 Å². The second-order valence-corrected chi connectivity index (χ2v) is 8.05. The molecule has 11 heteroatoms. The number of methoxy groups -OCH3 is 1. The van der Waals surface area contributed by atoms with Crippen LogP contribution in [0.4, 0.5) is 15.8 Å². The van der Waals surface area contributed by atoms with Crippen molar-refractivity contribution >= 4 is 27.4 Å². The monoisotopic (exact) mass is 454 g/mol. The van der Waals surface area contributed by atoms with Gasteiger partial charge in [-0.05, 0) is 42.0 Å². The van der Waals surface area contributed by atoms with Gasteiger partial charge in [0.1, 0.15) is 11.6 Å². The van der Waals surface area contributed by atoms with Crippen molar-refractivity contribution in [2.75, 3.05) is 17.1 Å². The maximum Gasteiger partial charge on any atom is 0.262 e. The summed E-state index contributed by atoms with van der Waals surface area (Å²) in [7, 11) is -2.60. The Labute approximate surface area is 184 Å². The van der Waals surface area contributed by atoms with Gasteiger partial charge in [0.15, 0.2) is 0 Å². The highest BCUT2D eigenvalue weighted by Gasteiger charge is 2.17. The van der Waals surface area contributed by atoms with E-state index >= 15 is 0 Å². The Morgan fingerprint density at radius 3 is 2.53 bits per heavy atom. The van der Waals surface area contributed by atoms with Gasteiger partial charge in [-0.25, -0.2) is 12.8 Å². The number of benzene rings is 2. The zero-order chi connectivity index (χ0) is 23.0. The first kappa shape index (κ1) is 22.5. The lowest BCUT2D eigenvalue weighted by atomic mass is 10.2. The number of nitriles is 1. The first-order valence-electron chi connectivity index (χ1n) is 9.24. The van der Waals surface area contributed by atoms with Crippen LogP contribution in [-0.4, -0.2) is 26.5 Å². The maximum atomic E-state index is 13.5. The molecule has 0 atom stereocenters. The molecular formula is C21H19FN6O3S. The molecule has 0 amide bonds. The Morgan fingerprint density at radius 2 is 1.88 bits per heavy atom. The largest absolute Gasteiger partial charge is 0.495 e. The van der Waals surface area contributed by atoms with Crippen molar-refractivity contribution in [1.82, 2.24) is 10.3 Å². The lowest BCUT2D eigenvalue weighted by Crippen LogP contribution is -2.30. The Kier molecular flexibility index (Phi) is 7.20. The van der Waals surface area contributed by atoms with Gasteiger partial charge in [0.05, 0.1) is 17.7 Å². The molecule has 9 nitrogen and oxygen atoms in total. The fraction of sp³-hybridized carbons (Fsp3) is 0.0952. The number of nitrogens with one attached hydrogen (secondary N) is 3. The number of hydrogen-bond donors (Lipinski definition) is 3. The summed E-state index contributed by atoms with van der Waals surface area (Å²) in [5, 5.41) is 14.8. The molecule has 0 spiro atoms. The highest BCUT2D eigenvalue weighted by atomic mass is 32.2. The highest BCUT2D eigenvalue weighted by molar-refractivity contribution is 7.92. The van der Waals surface area contributed by atoms with Crippen LogP contribution in [0, 0.1) is 17.3 Å². The summed E-state index contributed by atoms with van der Waals surface area (Å²) in [5.41, 5.74) is 1.44. The molecule has 0 aliphatic carbocycles. The van der Waals surface area contributed by atoms with Gasteiger partial charge in [-0.1, -0.05) is 12.1 Å². The Bertz CT molecular complexity index is 1240. The summed E-state index contributed by atoms with van der Waals surface area (Å²) in [6, 6.07) is 13.0. The predicted octanol–water partition coefficient (Wildman–Crippen LogP) is 3.07. The van der Waals surface area contributed by atoms with Crippen LogP contribution in [0.15, 0.2) is 76.9 Å². The number of sulfonamides is 1. The maximum absolute atomic E-state index is 13.5. The predicted molar refractivity (Wildman–Crippen MR) is 118 cm³/mol. The van der Waals surface area contributed by atoms with E-state index in [4.69, 9.17) is 10.00 Å². The quantitative estimate of drug-likeness (QED) is 0.284. The van der Waals surface area contributed by atoms with E-state index in [1.165, 1.54) is 31.4 Å². The topological polar surface area (TPSA) is 128 Å². The van der Waals surface area contributed by atoms with Crippen LogP contribution in [0.3, 0.4) is 0 Å². The highest BCUT2D eigenvalue weighted by Crippen LogP contribution is 2.27. The number of hydrogen-bond acceptors (Lipinski definition) is 6. The number of guanidine groups is 1. The van der Waals surface area contributed by atoms with Gasteiger partial charge >= 0.3 is 0 Å². The van der Waals surface area contributed by atoms with Crippen molar-refractivity contribution in [3.63, 3.8) is 0 Å². The minimum atomic E-state index is -3.96. The normalized spacial score (nSPS) is 11.3. The molecule has 3 N–H and O–H groups in total. The lowest BCUT2D eigenvalue weighted by Gasteiger charge is -2.13. The number of ether oxygens (including phenoxy) is 1. The molecule has 1 aromatic heterocycles. The minimum Gasteiger partial charge on any atom is -0.495 e. The van der Waals surface area contributed by atoms with E-state index in [0.717, 1.165) is 11.6 Å². The third-order valence-electron chi connectivity index (χ3n) is 4.20. The second-order valence-electron chi connectivity index (χ2n) is 6.37. The molecule has 164 valence electrons. The SMILES string of the molecule is COc1ccc(F)cc1NS(=O)(=O)c1ccc(CN/C(=N\C#N)Nc2ccncc2)cc1. The average molecular weight is 454 g/mol. The number of rotatable bonds is 7. The third kappa shape index (κ3) is 5.93. The van der Waals surface area contributed by atoms with Crippen molar-refractivity contribution in [3.05, 3.63) is 78.4 Å². The zero-order valence-corrected chi connectivity index (χ0v) is 17.7. The van der Waals surface area contributed by atoms with Crippen LogP contribution in [0.2, 0.25) is 0 Å². The first-order chi connectivity index (χ1) is 15.4. The molecule has 0 saturated carbocycles. The zero-order valence-electron chi connectivity index (χ0n) is 16.9. The van der Waals surface area contributed by atoms with E-state index in [2.05, 4.69) is 25.3 Å². The molecule has 0 radical (unpaired) electrons. The van der Waals surface area contributed by atoms with Gasteiger partial charge in [-0.15, -0.1) is 4.99 Å². The van der Waals surface area contributed by atoms with Gasteiger partial charge in [0, 0.05) is 30.7 Å². The number of pyridine rings is 1. The molecule has 0 unspecified atom stereocenters. The molecule has 1 heterocycles. The molecule has 3 rings (SSSR count). The Balaban J connectivity index is 1.68. The van der Waals surface area contributed by atoms with Crippen LogP contribution in [0.1, 0.15) is 5.56 Å². The average Bonchev–Trinajstić information content (AvgIpc) is 2.78. The molecule has 2 aromatic carbocycles. The summed E-state index contributed by atoms with van der Waals surface area (Å²) >= 11 is 0. The van der Waals surface area contributed by atoms with Crippen LogP contribution in [-0.2, 0) is 16.6 Å². The van der Waals surface area contributed by atoms with Crippen molar-refractivity contribution in [3.8, 4) is 11.9 Å². The fourth-order valence-corrected chi connectivity index (χ4v) is 3.73. The number of aliphatic imine (C=N–C) groups is 1. The second kappa shape index (κ2) is 10.2. The molecular weight excluding hydrogens is 435 g/mol. The fourth-order valence-electron chi connectivity index (χ4n) is 2.67. The van der Waals surface area contributed by atoms with Crippen molar-refractivity contribution in [2.24, 2.45) is 4.99 Å². The summed E-state index contributed by atoms with van der Waals surface area (Å²) in [6.07, 6.45) is 4.90.